The van der Waals surface area contributed by atoms with E-state index in [2.05, 4.69) is 5.32 Å². The molecule has 0 unspecified atom stereocenters. The molecule has 0 radical (unpaired) electrons. The molecule has 0 aromatic carbocycles. The second kappa shape index (κ2) is 4.84. The van der Waals surface area contributed by atoms with Crippen molar-refractivity contribution in [2.24, 2.45) is 5.41 Å². The summed E-state index contributed by atoms with van der Waals surface area (Å²) in [7, 11) is 0. The van der Waals surface area contributed by atoms with E-state index in [9.17, 15) is 9.59 Å². The molecule has 98 valence electrons. The highest BCUT2D eigenvalue weighted by Crippen LogP contribution is 2.41. The standard InChI is InChI=1S/C13H17NO4/c1-9-3-4-10(18-9)5-8-14-11(15)13(12(16)17)6-2-7-13/h3-4H,2,5-8H2,1H3,(H,14,15)(H,16,17). The van der Waals surface area contributed by atoms with Crippen LogP contribution in [0.2, 0.25) is 0 Å². The first-order chi connectivity index (χ1) is 8.54. The van der Waals surface area contributed by atoms with Crippen molar-refractivity contribution in [3.05, 3.63) is 23.7 Å². The van der Waals surface area contributed by atoms with E-state index >= 15 is 0 Å². The topological polar surface area (TPSA) is 79.5 Å². The Bertz CT molecular complexity index is 459. The van der Waals surface area contributed by atoms with Gasteiger partial charge in [0.2, 0.25) is 5.91 Å². The fourth-order valence-electron chi connectivity index (χ4n) is 2.16. The van der Waals surface area contributed by atoms with Gasteiger partial charge in [0.25, 0.3) is 0 Å². The highest BCUT2D eigenvalue weighted by molar-refractivity contribution is 6.02. The SMILES string of the molecule is Cc1ccc(CCNC(=O)C2(C(=O)O)CCC2)o1. The van der Waals surface area contributed by atoms with Crippen LogP contribution in [0.25, 0.3) is 0 Å². The lowest BCUT2D eigenvalue weighted by Crippen LogP contribution is -2.51. The van der Waals surface area contributed by atoms with Gasteiger partial charge in [-0.3, -0.25) is 9.59 Å². The summed E-state index contributed by atoms with van der Waals surface area (Å²) in [6.45, 7) is 2.26. The maximum atomic E-state index is 11.9. The number of carbonyl (C=O) groups excluding carboxylic acids is 1. The molecule has 18 heavy (non-hydrogen) atoms. The molecule has 1 heterocycles. The van der Waals surface area contributed by atoms with Crippen LogP contribution in [0.3, 0.4) is 0 Å². The van der Waals surface area contributed by atoms with Crippen molar-refractivity contribution in [2.45, 2.75) is 32.6 Å². The maximum absolute atomic E-state index is 11.9. The van der Waals surface area contributed by atoms with Gasteiger partial charge in [-0.25, -0.2) is 0 Å². The van der Waals surface area contributed by atoms with Gasteiger partial charge in [-0.1, -0.05) is 6.42 Å². The first-order valence-electron chi connectivity index (χ1n) is 6.12. The summed E-state index contributed by atoms with van der Waals surface area (Å²) in [5.74, 6) is 0.243. The quantitative estimate of drug-likeness (QED) is 0.777. The lowest BCUT2D eigenvalue weighted by Gasteiger charge is -2.35. The van der Waals surface area contributed by atoms with Crippen LogP contribution >= 0.6 is 0 Å². The summed E-state index contributed by atoms with van der Waals surface area (Å²) in [4.78, 5) is 23.0. The smallest absolute Gasteiger partial charge is 0.319 e. The molecular formula is C13H17NO4. The third kappa shape index (κ3) is 2.25. The van der Waals surface area contributed by atoms with E-state index < -0.39 is 11.4 Å². The van der Waals surface area contributed by atoms with Gasteiger partial charge >= 0.3 is 5.97 Å². The Morgan fingerprint density at radius 1 is 1.44 bits per heavy atom. The first kappa shape index (κ1) is 12.7. The van der Waals surface area contributed by atoms with Crippen molar-refractivity contribution in [3.8, 4) is 0 Å². The molecule has 1 aromatic heterocycles. The zero-order valence-corrected chi connectivity index (χ0v) is 10.4. The van der Waals surface area contributed by atoms with Crippen LogP contribution in [0.5, 0.6) is 0 Å². The summed E-state index contributed by atoms with van der Waals surface area (Å²) in [6, 6.07) is 3.72. The van der Waals surface area contributed by atoms with Crippen LogP contribution in [0.1, 0.15) is 30.8 Å². The maximum Gasteiger partial charge on any atom is 0.319 e. The molecule has 1 aromatic rings. The van der Waals surface area contributed by atoms with Crippen molar-refractivity contribution in [2.75, 3.05) is 6.54 Å². The summed E-state index contributed by atoms with van der Waals surface area (Å²) < 4.78 is 5.37. The Kier molecular flexibility index (Phi) is 3.41. The molecule has 0 atom stereocenters. The molecule has 0 saturated heterocycles. The number of carboxylic acids is 1. The van der Waals surface area contributed by atoms with E-state index in [1.54, 1.807) is 0 Å². The Morgan fingerprint density at radius 3 is 2.61 bits per heavy atom. The highest BCUT2D eigenvalue weighted by Gasteiger charge is 2.50. The van der Waals surface area contributed by atoms with Gasteiger partial charge in [0.1, 0.15) is 16.9 Å². The number of aliphatic carboxylic acids is 1. The average molecular weight is 251 g/mol. The molecule has 0 spiro atoms. The molecule has 5 heteroatoms. The fraction of sp³-hybridized carbons (Fsp3) is 0.538. The number of carboxylic acid groups (broad SMARTS) is 1. The normalized spacial score (nSPS) is 16.9. The largest absolute Gasteiger partial charge is 0.480 e. The molecule has 1 fully saturated rings. The molecule has 0 aliphatic heterocycles. The number of nitrogens with one attached hydrogen (secondary N) is 1. The number of hydrogen-bond acceptors (Lipinski definition) is 3. The molecule has 1 amide bonds. The Hall–Kier alpha value is -1.78. The summed E-state index contributed by atoms with van der Waals surface area (Å²) >= 11 is 0. The number of aryl methyl sites for hydroxylation is 1. The zero-order chi connectivity index (χ0) is 13.2. The van der Waals surface area contributed by atoms with E-state index in [0.717, 1.165) is 17.9 Å². The molecule has 0 bridgehead atoms. The first-order valence-corrected chi connectivity index (χ1v) is 6.12. The number of furan rings is 1. The fourth-order valence-corrected chi connectivity index (χ4v) is 2.16. The zero-order valence-electron chi connectivity index (χ0n) is 10.4. The van der Waals surface area contributed by atoms with Crippen LogP contribution in [0, 0.1) is 12.3 Å². The van der Waals surface area contributed by atoms with Crippen molar-refractivity contribution in [1.82, 2.24) is 5.32 Å². The monoisotopic (exact) mass is 251 g/mol. The van der Waals surface area contributed by atoms with E-state index in [0.29, 0.717) is 25.8 Å². The third-order valence-electron chi connectivity index (χ3n) is 3.50. The Balaban J connectivity index is 1.83. The molecular weight excluding hydrogens is 234 g/mol. The van der Waals surface area contributed by atoms with Crippen LogP contribution in [0.4, 0.5) is 0 Å². The van der Waals surface area contributed by atoms with Crippen LogP contribution < -0.4 is 5.32 Å². The Morgan fingerprint density at radius 2 is 2.17 bits per heavy atom. The van der Waals surface area contributed by atoms with Gasteiger partial charge in [-0.05, 0) is 31.9 Å². The van der Waals surface area contributed by atoms with E-state index in [1.807, 2.05) is 19.1 Å². The van der Waals surface area contributed by atoms with Gasteiger partial charge in [-0.15, -0.1) is 0 Å². The van der Waals surface area contributed by atoms with Crippen LogP contribution in [-0.4, -0.2) is 23.5 Å². The third-order valence-corrected chi connectivity index (χ3v) is 3.50. The Labute approximate surface area is 105 Å². The predicted octanol–water partition coefficient (Wildman–Crippen LogP) is 1.50. The molecule has 5 nitrogen and oxygen atoms in total. The van der Waals surface area contributed by atoms with E-state index in [1.165, 1.54) is 0 Å². The predicted molar refractivity (Wildman–Crippen MR) is 64.1 cm³/mol. The minimum atomic E-state index is -1.18. The van der Waals surface area contributed by atoms with Crippen molar-refractivity contribution < 1.29 is 19.1 Å². The summed E-state index contributed by atoms with van der Waals surface area (Å²) in [5.41, 5.74) is -1.18. The van der Waals surface area contributed by atoms with Crippen molar-refractivity contribution in [3.63, 3.8) is 0 Å². The molecule has 1 saturated carbocycles. The average Bonchev–Trinajstić information content (AvgIpc) is 2.61. The number of rotatable bonds is 5. The summed E-state index contributed by atoms with van der Waals surface area (Å²) in [5, 5.41) is 11.8. The van der Waals surface area contributed by atoms with E-state index in [-0.39, 0.29) is 5.91 Å². The number of amides is 1. The highest BCUT2D eigenvalue weighted by atomic mass is 16.4. The van der Waals surface area contributed by atoms with Crippen molar-refractivity contribution in [1.29, 1.82) is 0 Å². The van der Waals surface area contributed by atoms with Gasteiger partial charge in [0.05, 0.1) is 0 Å². The lowest BCUT2D eigenvalue weighted by molar-refractivity contribution is -0.162. The van der Waals surface area contributed by atoms with Crippen molar-refractivity contribution >= 4 is 11.9 Å². The van der Waals surface area contributed by atoms with Crippen LogP contribution in [0.15, 0.2) is 16.5 Å². The minimum Gasteiger partial charge on any atom is -0.480 e. The number of hydrogen-bond donors (Lipinski definition) is 2. The van der Waals surface area contributed by atoms with Gasteiger partial charge in [0, 0.05) is 13.0 Å². The molecule has 2 rings (SSSR count). The van der Waals surface area contributed by atoms with Gasteiger partial charge < -0.3 is 14.8 Å². The van der Waals surface area contributed by atoms with Gasteiger partial charge in [-0.2, -0.15) is 0 Å². The summed E-state index contributed by atoms with van der Waals surface area (Å²) in [6.07, 6.45) is 2.26. The lowest BCUT2D eigenvalue weighted by atomic mass is 9.68. The van der Waals surface area contributed by atoms with Crippen LogP contribution in [-0.2, 0) is 16.0 Å². The van der Waals surface area contributed by atoms with Gasteiger partial charge in [0.15, 0.2) is 0 Å². The molecule has 2 N–H and O–H groups in total. The van der Waals surface area contributed by atoms with E-state index in [4.69, 9.17) is 9.52 Å². The second-order valence-corrected chi connectivity index (χ2v) is 4.76. The molecule has 1 aliphatic rings. The number of carbonyl (C=O) groups is 2. The minimum absolute atomic E-state index is 0.371. The second-order valence-electron chi connectivity index (χ2n) is 4.76. The molecule has 1 aliphatic carbocycles.